The normalized spacial score (nSPS) is 10.5. The van der Waals surface area contributed by atoms with Gasteiger partial charge in [-0.3, -0.25) is 14.4 Å². The number of carbonyl (C=O) groups is 2. The topological polar surface area (TPSA) is 118 Å². The Hall–Kier alpha value is -3.39. The molecule has 1 heterocycles. The Kier molecular flexibility index (Phi) is 6.46. The molecule has 0 aliphatic heterocycles. The van der Waals surface area contributed by atoms with Crippen molar-refractivity contribution in [1.82, 2.24) is 9.97 Å². The first-order valence-corrected chi connectivity index (χ1v) is 9.88. The number of nitrogens with zero attached hydrogens (tertiary/aromatic N) is 1. The lowest BCUT2D eigenvalue weighted by Crippen LogP contribution is -2.25. The molecule has 0 saturated heterocycles. The highest BCUT2D eigenvalue weighted by Crippen LogP contribution is 2.19. The molecule has 8 heteroatoms. The summed E-state index contributed by atoms with van der Waals surface area (Å²) in [7, 11) is 0. The van der Waals surface area contributed by atoms with E-state index in [1.807, 2.05) is 30.3 Å². The Bertz CT molecular complexity index is 1100. The molecule has 2 aromatic carbocycles. The average molecular weight is 408 g/mol. The lowest BCUT2D eigenvalue weighted by atomic mass is 10.1. The fourth-order valence-electron chi connectivity index (χ4n) is 2.75. The average Bonchev–Trinajstić information content (AvgIpc) is 2.70. The molecule has 4 N–H and O–H groups in total. The summed E-state index contributed by atoms with van der Waals surface area (Å²) < 4.78 is 0. The molecule has 0 spiro atoms. The molecule has 0 atom stereocenters. The second-order valence-corrected chi connectivity index (χ2v) is 7.31. The number of H-pyrrole nitrogens is 1. The van der Waals surface area contributed by atoms with Crippen LogP contribution in [0.5, 0.6) is 0 Å². The van der Waals surface area contributed by atoms with Gasteiger partial charge in [0.1, 0.15) is 0 Å². The fourth-order valence-corrected chi connectivity index (χ4v) is 3.61. The number of carbonyl (C=O) groups excluding carboxylic acids is 2. The largest absolute Gasteiger partial charge is 0.366 e. The lowest BCUT2D eigenvalue weighted by molar-refractivity contribution is -0.115. The van der Waals surface area contributed by atoms with Gasteiger partial charge >= 0.3 is 0 Å². The number of amides is 2. The number of anilines is 1. The Morgan fingerprint density at radius 2 is 1.79 bits per heavy atom. The predicted molar refractivity (Wildman–Crippen MR) is 113 cm³/mol. The Morgan fingerprint density at radius 3 is 2.48 bits per heavy atom. The maximum Gasteiger partial charge on any atom is 0.255 e. The third-order valence-electron chi connectivity index (χ3n) is 4.22. The van der Waals surface area contributed by atoms with E-state index in [2.05, 4.69) is 15.3 Å². The van der Waals surface area contributed by atoms with Gasteiger partial charge in [-0.05, 0) is 24.6 Å². The maximum absolute atomic E-state index is 12.5. The molecule has 1 aromatic heterocycles. The second-order valence-electron chi connectivity index (χ2n) is 6.34. The van der Waals surface area contributed by atoms with Gasteiger partial charge in [-0.1, -0.05) is 54.2 Å². The van der Waals surface area contributed by atoms with Gasteiger partial charge in [0.2, 0.25) is 5.91 Å². The maximum atomic E-state index is 12.5. The number of para-hydroxylation sites is 1. The molecular formula is C21H20N4O3S. The summed E-state index contributed by atoms with van der Waals surface area (Å²) in [5.74, 6) is -0.400. The zero-order chi connectivity index (χ0) is 20.8. The van der Waals surface area contributed by atoms with Gasteiger partial charge in [-0.15, -0.1) is 0 Å². The van der Waals surface area contributed by atoms with Crippen LogP contribution in [-0.4, -0.2) is 21.8 Å². The van der Waals surface area contributed by atoms with Crippen molar-refractivity contribution in [2.45, 2.75) is 24.3 Å². The van der Waals surface area contributed by atoms with Gasteiger partial charge in [0.25, 0.3) is 11.5 Å². The molecule has 0 saturated carbocycles. The summed E-state index contributed by atoms with van der Waals surface area (Å²) >= 11 is 1.42. The molecule has 29 heavy (non-hydrogen) atoms. The van der Waals surface area contributed by atoms with Gasteiger partial charge in [-0.25, -0.2) is 4.98 Å². The van der Waals surface area contributed by atoms with E-state index in [0.717, 1.165) is 5.56 Å². The van der Waals surface area contributed by atoms with E-state index in [1.54, 1.807) is 25.1 Å². The molecule has 2 amide bonds. The van der Waals surface area contributed by atoms with Gasteiger partial charge in [0.05, 0.1) is 17.7 Å². The van der Waals surface area contributed by atoms with Crippen molar-refractivity contribution in [3.63, 3.8) is 0 Å². The first kappa shape index (κ1) is 20.3. The van der Waals surface area contributed by atoms with Crippen molar-refractivity contribution >= 4 is 29.3 Å². The minimum Gasteiger partial charge on any atom is -0.366 e. The quantitative estimate of drug-likeness (QED) is 0.410. The van der Waals surface area contributed by atoms with Crippen molar-refractivity contribution in [3.05, 3.63) is 87.3 Å². The van der Waals surface area contributed by atoms with E-state index in [0.29, 0.717) is 22.3 Å². The van der Waals surface area contributed by atoms with Crippen LogP contribution in [0.15, 0.2) is 64.5 Å². The SMILES string of the molecule is Cc1nc(SCc2ccccc2)[nH]c(=O)c1CC(=O)Nc1ccccc1C(N)=O. The molecule has 0 aliphatic carbocycles. The van der Waals surface area contributed by atoms with Crippen LogP contribution in [0.2, 0.25) is 0 Å². The molecule has 0 radical (unpaired) electrons. The van der Waals surface area contributed by atoms with Gasteiger partial charge in [-0.2, -0.15) is 0 Å². The summed E-state index contributed by atoms with van der Waals surface area (Å²) in [5.41, 5.74) is 7.37. The lowest BCUT2D eigenvalue weighted by Gasteiger charge is -2.10. The first-order valence-electron chi connectivity index (χ1n) is 8.89. The van der Waals surface area contributed by atoms with Gasteiger partial charge in [0.15, 0.2) is 5.16 Å². The van der Waals surface area contributed by atoms with E-state index in [9.17, 15) is 14.4 Å². The Morgan fingerprint density at radius 1 is 1.10 bits per heavy atom. The molecular weight excluding hydrogens is 388 g/mol. The van der Waals surface area contributed by atoms with Crippen LogP contribution in [-0.2, 0) is 17.0 Å². The van der Waals surface area contributed by atoms with E-state index in [4.69, 9.17) is 5.73 Å². The summed E-state index contributed by atoms with van der Waals surface area (Å²) in [6.07, 6.45) is -0.162. The predicted octanol–water partition coefficient (Wildman–Crippen LogP) is 2.65. The minimum absolute atomic E-state index is 0.162. The molecule has 148 valence electrons. The standard InChI is InChI=1S/C21H20N4O3S/c1-13-16(11-18(26)24-17-10-6-5-9-15(17)19(22)27)20(28)25-21(23-13)29-12-14-7-3-2-4-8-14/h2-10H,11-12H2,1H3,(H2,22,27)(H,24,26)(H,23,25,28). The van der Waals surface area contributed by atoms with Crippen molar-refractivity contribution in [2.24, 2.45) is 5.73 Å². The number of hydrogen-bond acceptors (Lipinski definition) is 5. The number of aromatic nitrogens is 2. The second kappa shape index (κ2) is 9.20. The van der Waals surface area contributed by atoms with Gasteiger partial charge in [0, 0.05) is 17.0 Å². The van der Waals surface area contributed by atoms with Crippen LogP contribution in [0.1, 0.15) is 27.2 Å². The van der Waals surface area contributed by atoms with Crippen LogP contribution in [0.3, 0.4) is 0 Å². The molecule has 3 aromatic rings. The fraction of sp³-hybridized carbons (Fsp3) is 0.143. The molecule has 0 bridgehead atoms. The highest BCUT2D eigenvalue weighted by Gasteiger charge is 2.15. The highest BCUT2D eigenvalue weighted by molar-refractivity contribution is 7.98. The van der Waals surface area contributed by atoms with Crippen molar-refractivity contribution < 1.29 is 9.59 Å². The Balaban J connectivity index is 1.70. The van der Waals surface area contributed by atoms with Crippen LogP contribution >= 0.6 is 11.8 Å². The number of benzene rings is 2. The summed E-state index contributed by atoms with van der Waals surface area (Å²) in [6, 6.07) is 16.3. The minimum atomic E-state index is -0.642. The van der Waals surface area contributed by atoms with Gasteiger partial charge < -0.3 is 16.0 Å². The summed E-state index contributed by atoms with van der Waals surface area (Å²) in [6.45, 7) is 1.70. The number of nitrogens with one attached hydrogen (secondary N) is 2. The molecule has 0 unspecified atom stereocenters. The number of aryl methyl sites for hydroxylation is 1. The van der Waals surface area contributed by atoms with Crippen LogP contribution in [0.25, 0.3) is 0 Å². The highest BCUT2D eigenvalue weighted by atomic mass is 32.2. The third-order valence-corrected chi connectivity index (χ3v) is 5.17. The first-order chi connectivity index (χ1) is 13.9. The Labute approximate surface area is 171 Å². The third kappa shape index (κ3) is 5.32. The van der Waals surface area contributed by atoms with Crippen molar-refractivity contribution in [3.8, 4) is 0 Å². The number of nitrogens with two attached hydrogens (primary N) is 1. The zero-order valence-electron chi connectivity index (χ0n) is 15.8. The number of rotatable bonds is 7. The van der Waals surface area contributed by atoms with E-state index in [1.165, 1.54) is 17.8 Å². The van der Waals surface area contributed by atoms with E-state index >= 15 is 0 Å². The van der Waals surface area contributed by atoms with Crippen LogP contribution in [0, 0.1) is 6.92 Å². The number of primary amides is 1. The molecule has 0 aliphatic rings. The molecule has 7 nitrogen and oxygen atoms in total. The van der Waals surface area contributed by atoms with E-state index < -0.39 is 11.8 Å². The zero-order valence-corrected chi connectivity index (χ0v) is 16.6. The monoisotopic (exact) mass is 408 g/mol. The molecule has 0 fully saturated rings. The summed E-state index contributed by atoms with van der Waals surface area (Å²) in [4.78, 5) is 43.5. The number of aromatic amines is 1. The molecule has 3 rings (SSSR count). The van der Waals surface area contributed by atoms with Crippen LogP contribution < -0.4 is 16.6 Å². The number of hydrogen-bond donors (Lipinski definition) is 3. The van der Waals surface area contributed by atoms with Crippen molar-refractivity contribution in [1.29, 1.82) is 0 Å². The smallest absolute Gasteiger partial charge is 0.255 e. The van der Waals surface area contributed by atoms with Crippen molar-refractivity contribution in [2.75, 3.05) is 5.32 Å². The van der Waals surface area contributed by atoms with E-state index in [-0.39, 0.29) is 23.1 Å². The number of thioether (sulfide) groups is 1. The summed E-state index contributed by atoms with van der Waals surface area (Å²) in [5, 5.41) is 3.13. The van der Waals surface area contributed by atoms with Crippen LogP contribution in [0.4, 0.5) is 5.69 Å².